The predicted molar refractivity (Wildman–Crippen MR) is 109 cm³/mol. The Morgan fingerprint density at radius 2 is 2.00 bits per heavy atom. The third-order valence-corrected chi connectivity index (χ3v) is 5.32. The number of aromatic nitrogens is 3. The molecule has 29 heavy (non-hydrogen) atoms. The summed E-state index contributed by atoms with van der Waals surface area (Å²) < 4.78 is 10.6. The van der Waals surface area contributed by atoms with E-state index in [-0.39, 0.29) is 12.0 Å². The molecule has 1 atom stereocenters. The monoisotopic (exact) mass is 395 g/mol. The number of hydrogen-bond acceptors (Lipinski definition) is 8. The standard InChI is InChI=1S/C21H25N5O3/c1-4-28-21(27)17-13-22-18-8-6-5-7-16(18)19(17)26-11-9-25(10-12-26)14(2)20-23-15(3)24-29-20/h5-8,13-14H,4,9-12H2,1-3H3. The molecule has 0 radical (unpaired) electrons. The molecule has 0 saturated carbocycles. The molecule has 2 aromatic heterocycles. The van der Waals surface area contributed by atoms with Crippen molar-refractivity contribution in [1.29, 1.82) is 0 Å². The van der Waals surface area contributed by atoms with Gasteiger partial charge in [-0.25, -0.2) is 4.79 Å². The summed E-state index contributed by atoms with van der Waals surface area (Å²) in [5.74, 6) is 0.947. The quantitative estimate of drug-likeness (QED) is 0.610. The number of fused-ring (bicyclic) bond motifs is 1. The molecule has 8 heteroatoms. The summed E-state index contributed by atoms with van der Waals surface area (Å²) in [6.45, 7) is 9.24. The van der Waals surface area contributed by atoms with Crippen molar-refractivity contribution < 1.29 is 14.1 Å². The van der Waals surface area contributed by atoms with Crippen molar-refractivity contribution in [3.05, 3.63) is 47.7 Å². The Morgan fingerprint density at radius 1 is 1.24 bits per heavy atom. The van der Waals surface area contributed by atoms with Crippen LogP contribution in [0.15, 0.2) is 35.0 Å². The number of carbonyl (C=O) groups is 1. The van der Waals surface area contributed by atoms with E-state index in [0.717, 1.165) is 42.8 Å². The predicted octanol–water partition coefficient (Wildman–Crippen LogP) is 2.99. The zero-order chi connectivity index (χ0) is 20.4. The van der Waals surface area contributed by atoms with Crippen molar-refractivity contribution in [2.75, 3.05) is 37.7 Å². The van der Waals surface area contributed by atoms with E-state index in [2.05, 4.69) is 31.8 Å². The molecule has 1 saturated heterocycles. The summed E-state index contributed by atoms with van der Waals surface area (Å²) in [6, 6.07) is 7.95. The molecule has 0 amide bonds. The first-order valence-electron chi connectivity index (χ1n) is 9.92. The van der Waals surface area contributed by atoms with Crippen LogP contribution in [-0.2, 0) is 4.74 Å². The highest BCUT2D eigenvalue weighted by atomic mass is 16.5. The van der Waals surface area contributed by atoms with E-state index in [4.69, 9.17) is 9.26 Å². The molecule has 0 aliphatic carbocycles. The maximum Gasteiger partial charge on any atom is 0.341 e. The number of nitrogens with zero attached hydrogens (tertiary/aromatic N) is 5. The lowest BCUT2D eigenvalue weighted by atomic mass is 10.1. The molecule has 0 spiro atoms. The van der Waals surface area contributed by atoms with Gasteiger partial charge in [0.1, 0.15) is 5.56 Å². The van der Waals surface area contributed by atoms with Gasteiger partial charge >= 0.3 is 5.97 Å². The topological polar surface area (TPSA) is 84.6 Å². The Hall–Kier alpha value is -3.00. The highest BCUT2D eigenvalue weighted by molar-refractivity contribution is 6.05. The Balaban J connectivity index is 1.60. The second-order valence-corrected chi connectivity index (χ2v) is 7.14. The fourth-order valence-electron chi connectivity index (χ4n) is 3.80. The van der Waals surface area contributed by atoms with Gasteiger partial charge in [0.05, 0.1) is 23.9 Å². The van der Waals surface area contributed by atoms with Gasteiger partial charge in [-0.05, 0) is 26.8 Å². The van der Waals surface area contributed by atoms with Crippen LogP contribution in [0, 0.1) is 6.92 Å². The van der Waals surface area contributed by atoms with Crippen LogP contribution in [0.25, 0.3) is 10.9 Å². The van der Waals surface area contributed by atoms with Crippen molar-refractivity contribution in [3.8, 4) is 0 Å². The summed E-state index contributed by atoms with van der Waals surface area (Å²) in [7, 11) is 0. The average Bonchev–Trinajstić information content (AvgIpc) is 3.19. The van der Waals surface area contributed by atoms with Crippen molar-refractivity contribution in [2.24, 2.45) is 0 Å². The molecule has 152 valence electrons. The van der Waals surface area contributed by atoms with Gasteiger partial charge in [0, 0.05) is 37.8 Å². The molecule has 1 aromatic carbocycles. The first-order valence-corrected chi connectivity index (χ1v) is 9.92. The number of benzene rings is 1. The van der Waals surface area contributed by atoms with Gasteiger partial charge in [0.25, 0.3) is 0 Å². The number of para-hydroxylation sites is 1. The molecular formula is C21H25N5O3. The highest BCUT2D eigenvalue weighted by Gasteiger charge is 2.28. The zero-order valence-corrected chi connectivity index (χ0v) is 17.0. The van der Waals surface area contributed by atoms with Crippen LogP contribution in [0.1, 0.15) is 42.0 Å². The number of ether oxygens (including phenoxy) is 1. The summed E-state index contributed by atoms with van der Waals surface area (Å²) in [5, 5.41) is 4.86. The Labute approximate surface area is 169 Å². The van der Waals surface area contributed by atoms with Crippen molar-refractivity contribution in [2.45, 2.75) is 26.8 Å². The van der Waals surface area contributed by atoms with Crippen LogP contribution in [-0.4, -0.2) is 58.8 Å². The van der Waals surface area contributed by atoms with Crippen LogP contribution in [0.2, 0.25) is 0 Å². The molecule has 1 aliphatic rings. The van der Waals surface area contributed by atoms with Crippen LogP contribution in [0.4, 0.5) is 5.69 Å². The smallest absolute Gasteiger partial charge is 0.341 e. The maximum absolute atomic E-state index is 12.6. The van der Waals surface area contributed by atoms with Crippen molar-refractivity contribution in [1.82, 2.24) is 20.0 Å². The van der Waals surface area contributed by atoms with E-state index in [0.29, 0.717) is 23.9 Å². The molecule has 0 bridgehead atoms. The molecule has 1 aliphatic heterocycles. The van der Waals surface area contributed by atoms with Gasteiger partial charge in [-0.15, -0.1) is 0 Å². The number of carbonyl (C=O) groups excluding carboxylic acids is 1. The minimum Gasteiger partial charge on any atom is -0.462 e. The van der Waals surface area contributed by atoms with Gasteiger partial charge in [-0.1, -0.05) is 23.4 Å². The van der Waals surface area contributed by atoms with Gasteiger partial charge in [0.15, 0.2) is 5.82 Å². The Kier molecular flexibility index (Phi) is 5.44. The number of pyridine rings is 1. The zero-order valence-electron chi connectivity index (χ0n) is 17.0. The molecule has 3 heterocycles. The number of hydrogen-bond donors (Lipinski definition) is 0. The normalized spacial score (nSPS) is 16.2. The molecule has 4 rings (SSSR count). The summed E-state index contributed by atoms with van der Waals surface area (Å²) in [4.78, 5) is 26.0. The molecule has 0 N–H and O–H groups in total. The van der Waals surface area contributed by atoms with E-state index in [1.165, 1.54) is 0 Å². The Bertz CT molecular complexity index is 1010. The van der Waals surface area contributed by atoms with Crippen LogP contribution >= 0.6 is 0 Å². The third-order valence-electron chi connectivity index (χ3n) is 5.32. The summed E-state index contributed by atoms with van der Waals surface area (Å²) >= 11 is 0. The fraction of sp³-hybridized carbons (Fsp3) is 0.429. The number of esters is 1. The first kappa shape index (κ1) is 19.3. The lowest BCUT2D eigenvalue weighted by Gasteiger charge is -2.38. The van der Waals surface area contributed by atoms with Crippen molar-refractivity contribution in [3.63, 3.8) is 0 Å². The minimum absolute atomic E-state index is 0.0528. The van der Waals surface area contributed by atoms with E-state index in [1.807, 2.05) is 38.1 Å². The van der Waals surface area contributed by atoms with Gasteiger partial charge in [-0.2, -0.15) is 4.98 Å². The first-order chi connectivity index (χ1) is 14.1. The van der Waals surface area contributed by atoms with Gasteiger partial charge < -0.3 is 14.2 Å². The fourth-order valence-corrected chi connectivity index (χ4v) is 3.80. The van der Waals surface area contributed by atoms with E-state index < -0.39 is 0 Å². The number of aryl methyl sites for hydroxylation is 1. The average molecular weight is 395 g/mol. The lowest BCUT2D eigenvalue weighted by Crippen LogP contribution is -2.47. The van der Waals surface area contributed by atoms with E-state index in [1.54, 1.807) is 6.20 Å². The lowest BCUT2D eigenvalue weighted by molar-refractivity contribution is 0.0526. The Morgan fingerprint density at radius 3 is 2.69 bits per heavy atom. The van der Waals surface area contributed by atoms with Crippen LogP contribution in [0.5, 0.6) is 0 Å². The minimum atomic E-state index is -0.335. The third kappa shape index (κ3) is 3.80. The number of piperazine rings is 1. The van der Waals surface area contributed by atoms with Gasteiger partial charge in [-0.3, -0.25) is 9.88 Å². The molecule has 1 unspecified atom stereocenters. The second kappa shape index (κ2) is 8.16. The van der Waals surface area contributed by atoms with E-state index >= 15 is 0 Å². The van der Waals surface area contributed by atoms with E-state index in [9.17, 15) is 4.79 Å². The van der Waals surface area contributed by atoms with Crippen LogP contribution in [0.3, 0.4) is 0 Å². The SMILES string of the molecule is CCOC(=O)c1cnc2ccccc2c1N1CCN(C(C)c2nc(C)no2)CC1. The molecular weight excluding hydrogens is 370 g/mol. The largest absolute Gasteiger partial charge is 0.462 e. The molecule has 8 nitrogen and oxygen atoms in total. The highest BCUT2D eigenvalue weighted by Crippen LogP contribution is 2.32. The van der Waals surface area contributed by atoms with Crippen molar-refractivity contribution >= 4 is 22.6 Å². The molecule has 1 fully saturated rings. The molecule has 3 aromatic rings. The number of anilines is 1. The van der Waals surface area contributed by atoms with Crippen LogP contribution < -0.4 is 4.90 Å². The maximum atomic E-state index is 12.6. The number of rotatable bonds is 5. The summed E-state index contributed by atoms with van der Waals surface area (Å²) in [5.41, 5.74) is 2.28. The second-order valence-electron chi connectivity index (χ2n) is 7.14. The summed E-state index contributed by atoms with van der Waals surface area (Å²) in [6.07, 6.45) is 1.63. The van der Waals surface area contributed by atoms with Gasteiger partial charge in [0.2, 0.25) is 5.89 Å².